The number of rotatable bonds is 3. The van der Waals surface area contributed by atoms with Crippen molar-refractivity contribution in [2.24, 2.45) is 0 Å². The van der Waals surface area contributed by atoms with Crippen molar-refractivity contribution in [3.63, 3.8) is 0 Å². The highest BCUT2D eigenvalue weighted by Crippen LogP contribution is 2.26. The first-order valence-electron chi connectivity index (χ1n) is 6.41. The van der Waals surface area contributed by atoms with E-state index in [0.717, 1.165) is 16.2 Å². The Morgan fingerprint density at radius 1 is 1.38 bits per heavy atom. The van der Waals surface area contributed by atoms with Crippen LogP contribution in [0, 0.1) is 6.92 Å². The van der Waals surface area contributed by atoms with Crippen molar-refractivity contribution in [1.29, 1.82) is 0 Å². The van der Waals surface area contributed by atoms with Crippen LogP contribution in [0.5, 0.6) is 0 Å². The topological polar surface area (TPSA) is 59.3 Å². The molecule has 108 valence electrons. The average molecular weight is 321 g/mol. The van der Waals surface area contributed by atoms with Crippen LogP contribution in [0.4, 0.5) is 5.95 Å². The van der Waals surface area contributed by atoms with Crippen molar-refractivity contribution in [3.8, 4) is 11.3 Å². The molecule has 0 fully saturated rings. The number of halogens is 1. The van der Waals surface area contributed by atoms with E-state index in [2.05, 4.69) is 15.4 Å². The Balaban J connectivity index is 1.96. The van der Waals surface area contributed by atoms with Crippen molar-refractivity contribution >= 4 is 39.8 Å². The van der Waals surface area contributed by atoms with Gasteiger partial charge in [0.2, 0.25) is 10.9 Å². The lowest BCUT2D eigenvalue weighted by molar-refractivity contribution is -0.115. The van der Waals surface area contributed by atoms with E-state index in [1.807, 2.05) is 36.6 Å². The molecular formula is C14H13ClN4OS. The second-order valence-electron chi connectivity index (χ2n) is 4.72. The lowest BCUT2D eigenvalue weighted by atomic mass is 10.1. The molecule has 3 aromatic rings. The van der Waals surface area contributed by atoms with Crippen LogP contribution in [0.1, 0.15) is 12.5 Å². The molecule has 3 rings (SSSR count). The van der Waals surface area contributed by atoms with Gasteiger partial charge in [-0.15, -0.1) is 28.0 Å². The number of aryl methyl sites for hydroxylation is 1. The molecular weight excluding hydrogens is 308 g/mol. The predicted molar refractivity (Wildman–Crippen MR) is 85.0 cm³/mol. The molecule has 0 spiro atoms. The number of nitrogens with zero attached hydrogens (tertiary/aromatic N) is 3. The summed E-state index contributed by atoms with van der Waals surface area (Å²) in [5, 5.41) is 8.29. The second-order valence-corrected chi connectivity index (χ2v) is 6.21. The van der Waals surface area contributed by atoms with Crippen molar-refractivity contribution in [1.82, 2.24) is 14.6 Å². The van der Waals surface area contributed by atoms with E-state index in [1.54, 1.807) is 11.4 Å². The molecule has 0 aliphatic heterocycles. The summed E-state index contributed by atoms with van der Waals surface area (Å²) >= 11 is 7.20. The summed E-state index contributed by atoms with van der Waals surface area (Å²) in [5.74, 6) is -0.0421. The van der Waals surface area contributed by atoms with Crippen molar-refractivity contribution in [3.05, 3.63) is 35.2 Å². The summed E-state index contributed by atoms with van der Waals surface area (Å²) in [6.07, 6.45) is 0. The number of carbonyl (C=O) groups excluding carboxylic acids is 1. The van der Waals surface area contributed by atoms with Gasteiger partial charge < -0.3 is 0 Å². The number of anilines is 1. The zero-order valence-corrected chi connectivity index (χ0v) is 13.1. The van der Waals surface area contributed by atoms with E-state index in [0.29, 0.717) is 0 Å². The molecule has 0 saturated heterocycles. The fourth-order valence-electron chi connectivity index (χ4n) is 1.87. The van der Waals surface area contributed by atoms with Crippen LogP contribution in [0.25, 0.3) is 16.2 Å². The van der Waals surface area contributed by atoms with E-state index < -0.39 is 5.38 Å². The number of hydrogen-bond acceptors (Lipinski definition) is 4. The second kappa shape index (κ2) is 5.46. The third-order valence-corrected chi connectivity index (χ3v) is 4.04. The highest BCUT2D eigenvalue weighted by Gasteiger charge is 2.15. The lowest BCUT2D eigenvalue weighted by Gasteiger charge is -2.01. The zero-order valence-electron chi connectivity index (χ0n) is 11.5. The summed E-state index contributed by atoms with van der Waals surface area (Å²) in [4.78, 5) is 16.6. The Morgan fingerprint density at radius 3 is 2.76 bits per heavy atom. The predicted octanol–water partition coefficient (Wildman–Crippen LogP) is 3.33. The van der Waals surface area contributed by atoms with E-state index in [1.165, 1.54) is 16.9 Å². The molecule has 0 saturated carbocycles. The normalized spacial score (nSPS) is 12.5. The maximum atomic E-state index is 11.6. The molecule has 7 heteroatoms. The van der Waals surface area contributed by atoms with Gasteiger partial charge in [-0.2, -0.15) is 4.98 Å². The van der Waals surface area contributed by atoms with Gasteiger partial charge in [0.15, 0.2) is 0 Å². The third kappa shape index (κ3) is 2.77. The Bertz CT molecular complexity index is 791. The van der Waals surface area contributed by atoms with Crippen LogP contribution in [-0.4, -0.2) is 25.9 Å². The fraction of sp³-hybridized carbons (Fsp3) is 0.214. The summed E-state index contributed by atoms with van der Waals surface area (Å²) in [6, 6.07) is 8.18. The number of hydrogen-bond donors (Lipinski definition) is 1. The molecule has 1 N–H and O–H groups in total. The third-order valence-electron chi connectivity index (χ3n) is 3.03. The summed E-state index contributed by atoms with van der Waals surface area (Å²) < 4.78 is 1.73. The number of aromatic nitrogens is 3. The van der Waals surface area contributed by atoms with Crippen LogP contribution in [0.2, 0.25) is 0 Å². The van der Waals surface area contributed by atoms with Gasteiger partial charge >= 0.3 is 0 Å². The number of carbonyl (C=O) groups is 1. The molecule has 0 radical (unpaired) electrons. The number of benzene rings is 1. The van der Waals surface area contributed by atoms with Crippen LogP contribution in [0.3, 0.4) is 0 Å². The summed E-state index contributed by atoms with van der Waals surface area (Å²) in [5.41, 5.74) is 3.20. The fourth-order valence-corrected chi connectivity index (χ4v) is 2.75. The van der Waals surface area contributed by atoms with Crippen LogP contribution >= 0.6 is 22.9 Å². The van der Waals surface area contributed by atoms with Crippen LogP contribution in [0.15, 0.2) is 29.6 Å². The zero-order chi connectivity index (χ0) is 15.0. The molecule has 5 nitrogen and oxygen atoms in total. The first-order chi connectivity index (χ1) is 10.0. The molecule has 2 aromatic heterocycles. The van der Waals surface area contributed by atoms with Crippen molar-refractivity contribution in [2.75, 3.05) is 5.32 Å². The minimum absolute atomic E-state index is 0.271. The largest absolute Gasteiger partial charge is 0.292 e. The molecule has 1 atom stereocenters. The van der Waals surface area contributed by atoms with Gasteiger partial charge in [-0.3, -0.25) is 10.1 Å². The molecule has 1 aromatic carbocycles. The smallest absolute Gasteiger partial charge is 0.250 e. The maximum absolute atomic E-state index is 11.6. The summed E-state index contributed by atoms with van der Waals surface area (Å²) in [7, 11) is 0. The minimum atomic E-state index is -0.622. The Hall–Kier alpha value is -1.92. The monoisotopic (exact) mass is 320 g/mol. The Morgan fingerprint density at radius 2 is 2.10 bits per heavy atom. The van der Waals surface area contributed by atoms with E-state index in [-0.39, 0.29) is 11.9 Å². The first-order valence-corrected chi connectivity index (χ1v) is 7.72. The molecule has 0 aliphatic carbocycles. The highest BCUT2D eigenvalue weighted by molar-refractivity contribution is 7.15. The van der Waals surface area contributed by atoms with Gasteiger partial charge in [0.1, 0.15) is 5.38 Å². The standard InChI is InChI=1S/C14H13ClN4OS/c1-8-3-5-10(6-4-8)11-7-21-14-17-13(18-19(11)14)16-12(20)9(2)15/h3-7,9H,1-2H3,(H,16,18,20). The number of thiazole rings is 1. The van der Waals surface area contributed by atoms with Gasteiger partial charge in [0, 0.05) is 10.9 Å². The van der Waals surface area contributed by atoms with E-state index >= 15 is 0 Å². The van der Waals surface area contributed by atoms with Gasteiger partial charge in [-0.25, -0.2) is 4.52 Å². The number of amides is 1. The van der Waals surface area contributed by atoms with Gasteiger partial charge in [0.25, 0.3) is 5.95 Å². The first kappa shape index (κ1) is 14.0. The van der Waals surface area contributed by atoms with Crippen molar-refractivity contribution in [2.45, 2.75) is 19.2 Å². The molecule has 0 aliphatic rings. The van der Waals surface area contributed by atoms with Gasteiger partial charge in [-0.05, 0) is 13.8 Å². The number of nitrogens with one attached hydrogen (secondary N) is 1. The Kier molecular flexibility index (Phi) is 3.65. The Labute approximate surface area is 130 Å². The lowest BCUT2D eigenvalue weighted by Crippen LogP contribution is -2.21. The van der Waals surface area contributed by atoms with Gasteiger partial charge in [-0.1, -0.05) is 29.8 Å². The highest BCUT2D eigenvalue weighted by atomic mass is 35.5. The number of fused-ring (bicyclic) bond motifs is 1. The average Bonchev–Trinajstić information content (AvgIpc) is 2.99. The molecule has 1 amide bonds. The van der Waals surface area contributed by atoms with E-state index in [4.69, 9.17) is 11.6 Å². The molecule has 21 heavy (non-hydrogen) atoms. The molecule has 1 unspecified atom stereocenters. The quantitative estimate of drug-likeness (QED) is 0.753. The van der Waals surface area contributed by atoms with Crippen molar-refractivity contribution < 1.29 is 4.79 Å². The molecule has 0 bridgehead atoms. The number of alkyl halides is 1. The minimum Gasteiger partial charge on any atom is -0.292 e. The molecule has 2 heterocycles. The SMILES string of the molecule is Cc1ccc(-c2csc3nc(NC(=O)C(C)Cl)nn23)cc1. The van der Waals surface area contributed by atoms with Crippen LogP contribution < -0.4 is 5.32 Å². The van der Waals surface area contributed by atoms with Gasteiger partial charge in [0.05, 0.1) is 5.69 Å². The van der Waals surface area contributed by atoms with E-state index in [9.17, 15) is 4.79 Å². The summed E-state index contributed by atoms with van der Waals surface area (Å²) in [6.45, 7) is 3.65. The maximum Gasteiger partial charge on any atom is 0.250 e. The van der Waals surface area contributed by atoms with Crippen LogP contribution in [-0.2, 0) is 4.79 Å².